The maximum Gasteiger partial charge on any atom is 0.185 e. The monoisotopic (exact) mass is 461 g/mol. The van der Waals surface area contributed by atoms with Crippen LogP contribution in [0.15, 0.2) is 85.1 Å². The predicted molar refractivity (Wildman–Crippen MR) is 126 cm³/mol. The molecule has 0 aliphatic carbocycles. The van der Waals surface area contributed by atoms with Crippen molar-refractivity contribution < 1.29 is 4.39 Å². The summed E-state index contributed by atoms with van der Waals surface area (Å²) in [6.45, 7) is 0.410. The molecule has 158 valence electrons. The van der Waals surface area contributed by atoms with E-state index in [0.717, 1.165) is 22.5 Å². The van der Waals surface area contributed by atoms with Gasteiger partial charge < -0.3 is 4.57 Å². The lowest BCUT2D eigenvalue weighted by Gasteiger charge is -2.09. The number of halogens is 2. The van der Waals surface area contributed by atoms with Crippen molar-refractivity contribution in [1.29, 1.82) is 0 Å². The van der Waals surface area contributed by atoms with Gasteiger partial charge in [0.2, 0.25) is 0 Å². The second-order valence-corrected chi connectivity index (χ2v) is 8.02. The Morgan fingerprint density at radius 2 is 1.62 bits per heavy atom. The minimum Gasteiger partial charge on any atom is -0.315 e. The van der Waals surface area contributed by atoms with Crippen molar-refractivity contribution in [2.75, 3.05) is 0 Å². The summed E-state index contributed by atoms with van der Waals surface area (Å²) in [7, 11) is 0. The van der Waals surface area contributed by atoms with Crippen LogP contribution in [0.2, 0.25) is 5.02 Å². The van der Waals surface area contributed by atoms with E-state index in [1.54, 1.807) is 12.1 Å². The van der Waals surface area contributed by atoms with Crippen LogP contribution in [0.3, 0.4) is 0 Å². The molecule has 8 heteroatoms. The Balaban J connectivity index is 1.57. The summed E-state index contributed by atoms with van der Waals surface area (Å²) < 4.78 is 17.9. The molecule has 3 aromatic carbocycles. The average molecular weight is 462 g/mol. The lowest BCUT2D eigenvalue weighted by Crippen LogP contribution is -2.03. The minimum absolute atomic E-state index is 0.292. The first-order valence-electron chi connectivity index (χ1n) is 9.89. The van der Waals surface area contributed by atoms with Gasteiger partial charge in [-0.3, -0.25) is 9.67 Å². The highest BCUT2D eigenvalue weighted by Gasteiger charge is 2.15. The smallest absolute Gasteiger partial charge is 0.185 e. The zero-order chi connectivity index (χ0) is 22.1. The fraction of sp³-hybridized carbons (Fsp3) is 0.0417. The Morgan fingerprint density at radius 1 is 0.906 bits per heavy atom. The average Bonchev–Trinajstić information content (AvgIpc) is 3.41. The maximum atomic E-state index is 13.5. The number of nitrogens with one attached hydrogen (secondary N) is 1. The summed E-state index contributed by atoms with van der Waals surface area (Å²) in [6, 6.07) is 23.5. The fourth-order valence-electron chi connectivity index (χ4n) is 3.51. The normalized spacial score (nSPS) is 11.1. The van der Waals surface area contributed by atoms with Crippen molar-refractivity contribution >= 4 is 23.8 Å². The van der Waals surface area contributed by atoms with Crippen molar-refractivity contribution in [3.8, 4) is 28.3 Å². The molecule has 0 aliphatic heterocycles. The van der Waals surface area contributed by atoms with Crippen LogP contribution in [-0.2, 0) is 6.54 Å². The number of H-pyrrole nitrogens is 1. The number of nitrogens with zero attached hydrogens (tertiary/aromatic N) is 4. The van der Waals surface area contributed by atoms with E-state index in [-0.39, 0.29) is 5.82 Å². The second kappa shape index (κ2) is 8.53. The third-order valence-corrected chi connectivity index (χ3v) is 5.73. The number of hydrogen-bond acceptors (Lipinski definition) is 3. The zero-order valence-corrected chi connectivity index (χ0v) is 18.3. The predicted octanol–water partition coefficient (Wildman–Crippen LogP) is 6.30. The third-order valence-electron chi connectivity index (χ3n) is 5.06. The van der Waals surface area contributed by atoms with Crippen LogP contribution in [0.25, 0.3) is 28.3 Å². The fourth-order valence-corrected chi connectivity index (χ4v) is 3.96. The lowest BCUT2D eigenvalue weighted by molar-refractivity contribution is 0.628. The van der Waals surface area contributed by atoms with E-state index in [4.69, 9.17) is 23.8 Å². The van der Waals surface area contributed by atoms with E-state index in [2.05, 4.69) is 15.2 Å². The molecule has 0 atom stereocenters. The summed E-state index contributed by atoms with van der Waals surface area (Å²) in [5.74, 6) is 1.02. The molecular formula is C24H17ClFN5S. The molecule has 1 N–H and O–H groups in total. The lowest BCUT2D eigenvalue weighted by atomic mass is 10.1. The van der Waals surface area contributed by atoms with Crippen LogP contribution in [0, 0.1) is 10.6 Å². The van der Waals surface area contributed by atoms with Gasteiger partial charge in [-0.2, -0.15) is 5.10 Å². The summed E-state index contributed by atoms with van der Waals surface area (Å²) >= 11 is 11.9. The van der Waals surface area contributed by atoms with Crippen molar-refractivity contribution in [2.24, 2.45) is 0 Å². The molecule has 5 rings (SSSR count). The highest BCUT2D eigenvalue weighted by Crippen LogP contribution is 2.27. The van der Waals surface area contributed by atoms with Crippen LogP contribution in [0.4, 0.5) is 4.39 Å². The van der Waals surface area contributed by atoms with Crippen LogP contribution >= 0.6 is 23.8 Å². The quantitative estimate of drug-likeness (QED) is 0.312. The Bertz CT molecular complexity index is 1420. The van der Waals surface area contributed by atoms with E-state index in [1.165, 1.54) is 12.1 Å². The van der Waals surface area contributed by atoms with E-state index in [9.17, 15) is 4.39 Å². The van der Waals surface area contributed by atoms with Gasteiger partial charge in [0.25, 0.3) is 0 Å². The van der Waals surface area contributed by atoms with Gasteiger partial charge in [-0.05, 0) is 60.7 Å². The molecule has 0 amide bonds. The number of aromatic amines is 1. The van der Waals surface area contributed by atoms with Gasteiger partial charge in [0.1, 0.15) is 11.6 Å². The second-order valence-electron chi connectivity index (χ2n) is 7.22. The standard InChI is InChI=1S/C24H17ClFN5S/c25-18-8-12-20(13-9-18)31-21(16-6-10-19(26)11-7-16)14-30(24(31)32)15-22-27-23(29-28-22)17-4-2-1-3-5-17/h1-14H,15H2,(H,27,28,29). The molecule has 0 fully saturated rings. The van der Waals surface area contributed by atoms with Crippen molar-refractivity contribution in [3.63, 3.8) is 0 Å². The Kier molecular flexibility index (Phi) is 5.43. The van der Waals surface area contributed by atoms with Crippen molar-refractivity contribution in [3.05, 3.63) is 106 Å². The summed E-state index contributed by atoms with van der Waals surface area (Å²) in [6.07, 6.45) is 1.94. The molecule has 5 nitrogen and oxygen atoms in total. The van der Waals surface area contributed by atoms with Crippen LogP contribution in [0.1, 0.15) is 5.82 Å². The summed E-state index contributed by atoms with van der Waals surface area (Å²) in [5.41, 5.74) is 3.47. The number of aromatic nitrogens is 5. The molecule has 2 heterocycles. The number of imidazole rings is 1. The molecule has 0 radical (unpaired) electrons. The van der Waals surface area contributed by atoms with Crippen molar-refractivity contribution in [1.82, 2.24) is 24.3 Å². The molecular weight excluding hydrogens is 445 g/mol. The Labute approximate surface area is 193 Å². The first-order chi connectivity index (χ1) is 15.6. The number of benzene rings is 3. The molecule has 0 spiro atoms. The van der Waals surface area contributed by atoms with E-state index < -0.39 is 0 Å². The van der Waals surface area contributed by atoms with E-state index in [1.807, 2.05) is 69.9 Å². The largest absolute Gasteiger partial charge is 0.315 e. The molecule has 0 unspecified atom stereocenters. The van der Waals surface area contributed by atoms with Crippen LogP contribution < -0.4 is 0 Å². The first kappa shape index (κ1) is 20.4. The van der Waals surface area contributed by atoms with Gasteiger partial charge in [-0.15, -0.1) is 0 Å². The molecule has 5 aromatic rings. The van der Waals surface area contributed by atoms with Crippen molar-refractivity contribution in [2.45, 2.75) is 6.54 Å². The number of hydrogen-bond donors (Lipinski definition) is 1. The first-order valence-corrected chi connectivity index (χ1v) is 10.7. The van der Waals surface area contributed by atoms with Crippen LogP contribution in [0.5, 0.6) is 0 Å². The highest BCUT2D eigenvalue weighted by atomic mass is 35.5. The molecule has 32 heavy (non-hydrogen) atoms. The highest BCUT2D eigenvalue weighted by molar-refractivity contribution is 7.71. The Hall–Kier alpha value is -3.55. The molecule has 0 bridgehead atoms. The molecule has 2 aromatic heterocycles. The van der Waals surface area contributed by atoms with Gasteiger partial charge in [0.15, 0.2) is 10.6 Å². The topological polar surface area (TPSA) is 51.4 Å². The summed E-state index contributed by atoms with van der Waals surface area (Å²) in [5, 5.41) is 7.97. The zero-order valence-electron chi connectivity index (χ0n) is 16.7. The Morgan fingerprint density at radius 3 is 2.34 bits per heavy atom. The minimum atomic E-state index is -0.292. The van der Waals surface area contributed by atoms with Crippen LogP contribution in [-0.4, -0.2) is 24.3 Å². The van der Waals surface area contributed by atoms with Gasteiger partial charge in [0, 0.05) is 28.0 Å². The van der Waals surface area contributed by atoms with Gasteiger partial charge in [0.05, 0.1) is 12.2 Å². The summed E-state index contributed by atoms with van der Waals surface area (Å²) in [4.78, 5) is 4.61. The molecule has 0 saturated carbocycles. The molecule has 0 aliphatic rings. The van der Waals surface area contributed by atoms with E-state index >= 15 is 0 Å². The van der Waals surface area contributed by atoms with Gasteiger partial charge in [-0.25, -0.2) is 9.37 Å². The molecule has 0 saturated heterocycles. The number of rotatable bonds is 5. The van der Waals surface area contributed by atoms with Gasteiger partial charge in [-0.1, -0.05) is 41.9 Å². The SMILES string of the molecule is Fc1ccc(-c2cn(Cc3nc(-c4ccccc4)n[nH]3)c(=S)n2-c2ccc(Cl)cc2)cc1. The maximum absolute atomic E-state index is 13.5. The van der Waals surface area contributed by atoms with Gasteiger partial charge >= 0.3 is 0 Å². The third kappa shape index (κ3) is 4.00. The van der Waals surface area contributed by atoms with E-state index in [0.29, 0.717) is 28.0 Å².